The zero-order valence-corrected chi connectivity index (χ0v) is 10.8. The van der Waals surface area contributed by atoms with Crippen LogP contribution in [0, 0.1) is 11.6 Å². The van der Waals surface area contributed by atoms with Gasteiger partial charge in [0.1, 0.15) is 16.7 Å². The van der Waals surface area contributed by atoms with Gasteiger partial charge >= 0.3 is 5.97 Å². The summed E-state index contributed by atoms with van der Waals surface area (Å²) < 4.78 is 26.5. The van der Waals surface area contributed by atoms with Gasteiger partial charge < -0.3 is 5.11 Å². The summed E-state index contributed by atoms with van der Waals surface area (Å²) in [4.78, 5) is 14.6. The predicted octanol–water partition coefficient (Wildman–Crippen LogP) is 3.80. The average molecular weight is 306 g/mol. The van der Waals surface area contributed by atoms with Gasteiger partial charge in [0.2, 0.25) is 0 Å². The molecule has 0 unspecified atom stereocenters. The molecule has 19 heavy (non-hydrogen) atoms. The monoisotopic (exact) mass is 305 g/mol. The molecule has 0 aliphatic heterocycles. The molecule has 0 aliphatic carbocycles. The Morgan fingerprint density at radius 2 is 1.79 bits per heavy atom. The number of aromatic nitrogens is 1. The average Bonchev–Trinajstić information content (AvgIpc) is 2.35. The van der Waals surface area contributed by atoms with E-state index in [0.29, 0.717) is 0 Å². The predicted molar refractivity (Wildman–Crippen MR) is 68.8 cm³/mol. The van der Waals surface area contributed by atoms with Crippen LogP contribution in [0.2, 0.25) is 5.02 Å². The summed E-state index contributed by atoms with van der Waals surface area (Å²) in [5.41, 5.74) is 0.262. The van der Waals surface area contributed by atoms with Crippen molar-refractivity contribution in [1.29, 1.82) is 0 Å². The highest BCUT2D eigenvalue weighted by Gasteiger charge is 2.12. The Kier molecular flexibility index (Phi) is 4.80. The summed E-state index contributed by atoms with van der Waals surface area (Å²) in [6, 6.07) is 4.51. The minimum absolute atomic E-state index is 0. The van der Waals surface area contributed by atoms with Crippen molar-refractivity contribution < 1.29 is 18.7 Å². The fourth-order valence-electron chi connectivity index (χ4n) is 1.42. The van der Waals surface area contributed by atoms with Crippen LogP contribution in [0.4, 0.5) is 8.78 Å². The Bertz CT molecular complexity index is 612. The molecule has 0 saturated heterocycles. The third-order valence-electron chi connectivity index (χ3n) is 2.29. The molecule has 0 radical (unpaired) electrons. The maximum Gasteiger partial charge on any atom is 0.335 e. The van der Waals surface area contributed by atoms with Gasteiger partial charge in [-0.3, -0.25) is 4.98 Å². The van der Waals surface area contributed by atoms with Crippen molar-refractivity contribution in [3.05, 3.63) is 52.7 Å². The van der Waals surface area contributed by atoms with Crippen molar-refractivity contribution in [2.24, 2.45) is 0 Å². The number of benzene rings is 1. The third-order valence-corrected chi connectivity index (χ3v) is 2.65. The van der Waals surface area contributed by atoms with E-state index in [1.165, 1.54) is 18.3 Å². The standard InChI is InChI=1S/C12H6ClF2NO2.ClH/c13-11-8(14)3-7(4-9(11)15)10-5-6(12(17)18)1-2-16-10;/h1-5H,(H,17,18);1H. The molecule has 0 spiro atoms. The summed E-state index contributed by atoms with van der Waals surface area (Å²) >= 11 is 5.35. The Morgan fingerprint density at radius 3 is 2.32 bits per heavy atom. The van der Waals surface area contributed by atoms with E-state index < -0.39 is 22.6 Å². The van der Waals surface area contributed by atoms with Gasteiger partial charge in [-0.25, -0.2) is 13.6 Å². The van der Waals surface area contributed by atoms with Gasteiger partial charge in [0.25, 0.3) is 0 Å². The van der Waals surface area contributed by atoms with Gasteiger partial charge in [-0.15, -0.1) is 12.4 Å². The summed E-state index contributed by atoms with van der Waals surface area (Å²) in [7, 11) is 0. The fraction of sp³-hybridized carbons (Fsp3) is 0. The molecule has 7 heteroatoms. The molecular weight excluding hydrogens is 299 g/mol. The van der Waals surface area contributed by atoms with Crippen LogP contribution in [0.5, 0.6) is 0 Å². The van der Waals surface area contributed by atoms with E-state index in [9.17, 15) is 13.6 Å². The largest absolute Gasteiger partial charge is 0.478 e. The summed E-state index contributed by atoms with van der Waals surface area (Å²) in [5, 5.41) is 8.21. The molecule has 0 aliphatic rings. The molecule has 1 N–H and O–H groups in total. The third kappa shape index (κ3) is 3.19. The second kappa shape index (κ2) is 5.95. The quantitative estimate of drug-likeness (QED) is 0.859. The summed E-state index contributed by atoms with van der Waals surface area (Å²) in [5.74, 6) is -2.99. The number of halogens is 4. The second-order valence-electron chi connectivity index (χ2n) is 3.49. The minimum Gasteiger partial charge on any atom is -0.478 e. The van der Waals surface area contributed by atoms with Crippen LogP contribution in [0.1, 0.15) is 10.4 Å². The van der Waals surface area contributed by atoms with Crippen LogP contribution in [0.3, 0.4) is 0 Å². The minimum atomic E-state index is -1.14. The Hall–Kier alpha value is -1.72. The van der Waals surface area contributed by atoms with Crippen molar-refractivity contribution in [3.8, 4) is 11.3 Å². The van der Waals surface area contributed by atoms with Crippen LogP contribution < -0.4 is 0 Å². The zero-order chi connectivity index (χ0) is 13.3. The van der Waals surface area contributed by atoms with E-state index in [-0.39, 0.29) is 29.2 Å². The number of carbonyl (C=O) groups is 1. The highest BCUT2D eigenvalue weighted by Crippen LogP contribution is 2.26. The first-order valence-electron chi connectivity index (χ1n) is 4.83. The fourth-order valence-corrected chi connectivity index (χ4v) is 1.53. The number of rotatable bonds is 2. The highest BCUT2D eigenvalue weighted by molar-refractivity contribution is 6.31. The van der Waals surface area contributed by atoms with E-state index in [2.05, 4.69) is 4.98 Å². The number of carboxylic acid groups (broad SMARTS) is 1. The van der Waals surface area contributed by atoms with E-state index in [1.807, 2.05) is 0 Å². The molecule has 2 rings (SSSR count). The van der Waals surface area contributed by atoms with Gasteiger partial charge in [-0.05, 0) is 24.3 Å². The van der Waals surface area contributed by atoms with Gasteiger partial charge in [0, 0.05) is 11.8 Å². The first-order valence-corrected chi connectivity index (χ1v) is 5.21. The highest BCUT2D eigenvalue weighted by atomic mass is 35.5. The van der Waals surface area contributed by atoms with Crippen LogP contribution in [0.15, 0.2) is 30.5 Å². The maximum atomic E-state index is 13.3. The normalized spacial score (nSPS) is 9.84. The lowest BCUT2D eigenvalue weighted by atomic mass is 10.1. The summed E-state index contributed by atoms with van der Waals surface area (Å²) in [6.45, 7) is 0. The number of hydrogen-bond donors (Lipinski definition) is 1. The van der Waals surface area contributed by atoms with Crippen LogP contribution in [-0.2, 0) is 0 Å². The smallest absolute Gasteiger partial charge is 0.335 e. The van der Waals surface area contributed by atoms with Crippen molar-refractivity contribution >= 4 is 30.0 Å². The molecule has 100 valence electrons. The van der Waals surface area contributed by atoms with Gasteiger partial charge in [-0.2, -0.15) is 0 Å². The lowest BCUT2D eigenvalue weighted by molar-refractivity contribution is 0.0697. The zero-order valence-electron chi connectivity index (χ0n) is 9.23. The van der Waals surface area contributed by atoms with Gasteiger partial charge in [-0.1, -0.05) is 11.6 Å². The molecule has 0 fully saturated rings. The van der Waals surface area contributed by atoms with E-state index in [1.54, 1.807) is 0 Å². The van der Waals surface area contributed by atoms with Crippen LogP contribution in [-0.4, -0.2) is 16.1 Å². The van der Waals surface area contributed by atoms with Crippen molar-refractivity contribution in [3.63, 3.8) is 0 Å². The number of carboxylic acids is 1. The van der Waals surface area contributed by atoms with Gasteiger partial charge in [0.15, 0.2) is 0 Å². The Morgan fingerprint density at radius 1 is 1.21 bits per heavy atom. The molecule has 0 saturated carbocycles. The molecule has 0 amide bonds. The van der Waals surface area contributed by atoms with E-state index >= 15 is 0 Å². The lowest BCUT2D eigenvalue weighted by Crippen LogP contribution is -1.97. The molecule has 0 bridgehead atoms. The summed E-state index contributed by atoms with van der Waals surface area (Å²) in [6.07, 6.45) is 1.25. The van der Waals surface area contributed by atoms with Crippen molar-refractivity contribution in [2.75, 3.05) is 0 Å². The topological polar surface area (TPSA) is 50.2 Å². The first kappa shape index (κ1) is 15.3. The molecule has 2 aromatic rings. The lowest BCUT2D eigenvalue weighted by Gasteiger charge is -2.04. The van der Waals surface area contributed by atoms with E-state index in [4.69, 9.17) is 16.7 Å². The van der Waals surface area contributed by atoms with Gasteiger partial charge in [0.05, 0.1) is 11.3 Å². The second-order valence-corrected chi connectivity index (χ2v) is 3.87. The number of hydrogen-bond acceptors (Lipinski definition) is 2. The van der Waals surface area contributed by atoms with Crippen molar-refractivity contribution in [2.45, 2.75) is 0 Å². The van der Waals surface area contributed by atoms with Crippen LogP contribution >= 0.6 is 24.0 Å². The number of nitrogens with zero attached hydrogens (tertiary/aromatic N) is 1. The first-order chi connectivity index (χ1) is 8.49. The molecule has 1 heterocycles. The molecule has 1 aromatic heterocycles. The molecule has 0 atom stereocenters. The molecular formula is C12H7Cl2F2NO2. The number of pyridine rings is 1. The van der Waals surface area contributed by atoms with Crippen LogP contribution in [0.25, 0.3) is 11.3 Å². The molecule has 3 nitrogen and oxygen atoms in total. The Labute approximate surface area is 118 Å². The van der Waals surface area contributed by atoms with E-state index in [0.717, 1.165) is 12.1 Å². The SMILES string of the molecule is Cl.O=C(O)c1ccnc(-c2cc(F)c(Cl)c(F)c2)c1. The van der Waals surface area contributed by atoms with Crippen molar-refractivity contribution in [1.82, 2.24) is 4.98 Å². The molecule has 1 aromatic carbocycles. The maximum absolute atomic E-state index is 13.3. The number of aromatic carboxylic acids is 1. The Balaban J connectivity index is 0.00000180.